The third-order valence-corrected chi connectivity index (χ3v) is 5.24. The molecule has 1 fully saturated rings. The molecule has 0 unspecified atom stereocenters. The molecule has 3 aromatic rings. The Balaban J connectivity index is 1.82. The third kappa shape index (κ3) is 4.50. The summed E-state index contributed by atoms with van der Waals surface area (Å²) in [5.74, 6) is -1.43. The number of halogens is 5. The van der Waals surface area contributed by atoms with Gasteiger partial charge < -0.3 is 4.42 Å². The van der Waals surface area contributed by atoms with Gasteiger partial charge in [-0.1, -0.05) is 19.3 Å². The van der Waals surface area contributed by atoms with E-state index in [1.54, 1.807) is 0 Å². The SMILES string of the molecule is O=c1c(C2CCCCC2)cc(-c2nnc(C(F)F)o2)nn1Cc1nccnc1C(F)(F)F. The van der Waals surface area contributed by atoms with E-state index < -0.39 is 42.0 Å². The highest BCUT2D eigenvalue weighted by Crippen LogP contribution is 2.33. The average Bonchev–Trinajstić information content (AvgIpc) is 3.26. The molecule has 1 aliphatic rings. The van der Waals surface area contributed by atoms with E-state index in [9.17, 15) is 26.7 Å². The Morgan fingerprint density at radius 2 is 1.81 bits per heavy atom. The van der Waals surface area contributed by atoms with Crippen molar-refractivity contribution in [2.45, 2.75) is 57.2 Å². The van der Waals surface area contributed by atoms with Crippen molar-refractivity contribution in [3.8, 4) is 11.6 Å². The number of rotatable bonds is 5. The van der Waals surface area contributed by atoms with Crippen molar-refractivity contribution in [3.05, 3.63) is 51.7 Å². The van der Waals surface area contributed by atoms with Gasteiger partial charge in [-0.15, -0.1) is 10.2 Å². The van der Waals surface area contributed by atoms with Crippen LogP contribution in [-0.2, 0) is 12.7 Å². The monoisotopic (exact) mass is 456 g/mol. The second kappa shape index (κ2) is 8.71. The minimum Gasteiger partial charge on any atom is -0.413 e. The number of aromatic nitrogens is 6. The molecule has 13 heteroatoms. The molecule has 0 aliphatic heterocycles. The van der Waals surface area contributed by atoms with Gasteiger partial charge in [-0.25, -0.2) is 9.67 Å². The first kappa shape index (κ1) is 22.0. The molecule has 0 aromatic carbocycles. The molecule has 170 valence electrons. The Kier molecular flexibility index (Phi) is 5.98. The molecule has 0 bridgehead atoms. The molecule has 0 atom stereocenters. The van der Waals surface area contributed by atoms with Crippen LogP contribution in [0.25, 0.3) is 11.6 Å². The first-order chi connectivity index (χ1) is 15.2. The van der Waals surface area contributed by atoms with Crippen LogP contribution in [0.2, 0.25) is 0 Å². The predicted molar refractivity (Wildman–Crippen MR) is 98.7 cm³/mol. The summed E-state index contributed by atoms with van der Waals surface area (Å²) in [5.41, 5.74) is -2.10. The Hall–Kier alpha value is -3.25. The van der Waals surface area contributed by atoms with Crippen LogP contribution in [0.15, 0.2) is 27.7 Å². The van der Waals surface area contributed by atoms with Gasteiger partial charge in [0.1, 0.15) is 5.69 Å². The number of hydrogen-bond donors (Lipinski definition) is 0. The maximum Gasteiger partial charge on any atom is 0.435 e. The zero-order chi connectivity index (χ0) is 22.9. The molecule has 4 rings (SSSR count). The van der Waals surface area contributed by atoms with Crippen molar-refractivity contribution in [2.24, 2.45) is 0 Å². The Morgan fingerprint density at radius 3 is 2.47 bits per heavy atom. The second-order valence-corrected chi connectivity index (χ2v) is 7.38. The van der Waals surface area contributed by atoms with E-state index in [0.29, 0.717) is 18.4 Å². The van der Waals surface area contributed by atoms with Crippen LogP contribution in [0.4, 0.5) is 22.0 Å². The van der Waals surface area contributed by atoms with Gasteiger partial charge in [0, 0.05) is 18.0 Å². The molecule has 1 aliphatic carbocycles. The fourth-order valence-corrected chi connectivity index (χ4v) is 3.77. The number of alkyl halides is 5. The van der Waals surface area contributed by atoms with Gasteiger partial charge in [-0.3, -0.25) is 9.78 Å². The minimum atomic E-state index is -4.78. The molecule has 0 spiro atoms. The molecular weight excluding hydrogens is 439 g/mol. The summed E-state index contributed by atoms with van der Waals surface area (Å²) < 4.78 is 71.5. The number of hydrogen-bond acceptors (Lipinski definition) is 7. The summed E-state index contributed by atoms with van der Waals surface area (Å²) in [4.78, 5) is 20.2. The first-order valence-electron chi connectivity index (χ1n) is 9.85. The summed E-state index contributed by atoms with van der Waals surface area (Å²) in [7, 11) is 0. The zero-order valence-corrected chi connectivity index (χ0v) is 16.5. The van der Waals surface area contributed by atoms with Crippen molar-refractivity contribution < 1.29 is 26.4 Å². The quantitative estimate of drug-likeness (QED) is 0.532. The zero-order valence-electron chi connectivity index (χ0n) is 16.5. The highest BCUT2D eigenvalue weighted by molar-refractivity contribution is 5.47. The lowest BCUT2D eigenvalue weighted by Crippen LogP contribution is -2.30. The lowest BCUT2D eigenvalue weighted by Gasteiger charge is -2.22. The van der Waals surface area contributed by atoms with Gasteiger partial charge in [0.2, 0.25) is 0 Å². The van der Waals surface area contributed by atoms with E-state index in [-0.39, 0.29) is 17.5 Å². The average molecular weight is 456 g/mol. The maximum absolute atomic E-state index is 13.3. The fourth-order valence-electron chi connectivity index (χ4n) is 3.77. The van der Waals surface area contributed by atoms with E-state index in [4.69, 9.17) is 4.42 Å². The van der Waals surface area contributed by atoms with Crippen LogP contribution in [0, 0.1) is 0 Å². The lowest BCUT2D eigenvalue weighted by atomic mass is 9.84. The van der Waals surface area contributed by atoms with Crippen LogP contribution in [0.5, 0.6) is 0 Å². The van der Waals surface area contributed by atoms with E-state index >= 15 is 0 Å². The van der Waals surface area contributed by atoms with Crippen LogP contribution < -0.4 is 5.56 Å². The second-order valence-electron chi connectivity index (χ2n) is 7.38. The molecule has 32 heavy (non-hydrogen) atoms. The Bertz CT molecular complexity index is 1150. The molecule has 0 saturated heterocycles. The summed E-state index contributed by atoms with van der Waals surface area (Å²) in [6, 6.07) is 1.39. The lowest BCUT2D eigenvalue weighted by molar-refractivity contribution is -0.142. The van der Waals surface area contributed by atoms with Gasteiger partial charge in [0.05, 0.1) is 12.2 Å². The highest BCUT2D eigenvalue weighted by atomic mass is 19.4. The van der Waals surface area contributed by atoms with Gasteiger partial charge in [-0.05, 0) is 24.8 Å². The summed E-state index contributed by atoms with van der Waals surface area (Å²) in [6.07, 6.45) is -1.60. The van der Waals surface area contributed by atoms with E-state index in [2.05, 4.69) is 25.3 Å². The van der Waals surface area contributed by atoms with Gasteiger partial charge >= 0.3 is 12.6 Å². The molecule has 8 nitrogen and oxygen atoms in total. The normalized spacial score (nSPS) is 15.4. The first-order valence-corrected chi connectivity index (χ1v) is 9.85. The van der Waals surface area contributed by atoms with E-state index in [0.717, 1.165) is 36.3 Å². The Labute approximate surface area is 177 Å². The van der Waals surface area contributed by atoms with E-state index in [1.165, 1.54) is 6.07 Å². The topological polar surface area (TPSA) is 99.6 Å². The highest BCUT2D eigenvalue weighted by Gasteiger charge is 2.36. The minimum absolute atomic E-state index is 0.0815. The fraction of sp³-hybridized carbons (Fsp3) is 0.474. The van der Waals surface area contributed by atoms with Gasteiger partial charge in [0.15, 0.2) is 5.69 Å². The van der Waals surface area contributed by atoms with Gasteiger partial charge in [0.25, 0.3) is 17.3 Å². The van der Waals surface area contributed by atoms with Gasteiger partial charge in [-0.2, -0.15) is 27.1 Å². The maximum atomic E-state index is 13.3. The summed E-state index contributed by atoms with van der Waals surface area (Å²) in [6.45, 7) is -0.620. The van der Waals surface area contributed by atoms with Crippen LogP contribution >= 0.6 is 0 Å². The standard InChI is InChI=1S/C19H17F5N6O2/c20-15(21)17-28-27-16(32-17)12-8-11(10-4-2-1-3-5-10)18(31)30(29-12)9-13-14(19(22,23)24)26-7-6-25-13/h6-8,10,15H,1-5,9H2. The van der Waals surface area contributed by atoms with Crippen LogP contribution in [0.3, 0.4) is 0 Å². The molecule has 0 amide bonds. The molecular formula is C19H17F5N6O2. The molecule has 1 saturated carbocycles. The smallest absolute Gasteiger partial charge is 0.413 e. The molecule has 3 heterocycles. The summed E-state index contributed by atoms with van der Waals surface area (Å²) in [5, 5.41) is 10.8. The molecule has 0 N–H and O–H groups in total. The van der Waals surface area contributed by atoms with Crippen molar-refractivity contribution >= 4 is 0 Å². The summed E-state index contributed by atoms with van der Waals surface area (Å²) >= 11 is 0. The van der Waals surface area contributed by atoms with Crippen molar-refractivity contribution in [1.82, 2.24) is 29.9 Å². The van der Waals surface area contributed by atoms with Crippen molar-refractivity contribution in [3.63, 3.8) is 0 Å². The third-order valence-electron chi connectivity index (χ3n) is 5.24. The van der Waals surface area contributed by atoms with Crippen molar-refractivity contribution in [2.75, 3.05) is 0 Å². The van der Waals surface area contributed by atoms with Crippen LogP contribution in [-0.4, -0.2) is 29.9 Å². The molecule has 3 aromatic heterocycles. The molecule has 0 radical (unpaired) electrons. The number of nitrogens with zero attached hydrogens (tertiary/aromatic N) is 6. The van der Waals surface area contributed by atoms with Crippen molar-refractivity contribution in [1.29, 1.82) is 0 Å². The largest absolute Gasteiger partial charge is 0.435 e. The van der Waals surface area contributed by atoms with Crippen LogP contribution in [0.1, 0.15) is 67.3 Å². The van der Waals surface area contributed by atoms with E-state index in [1.807, 2.05) is 0 Å². The Morgan fingerprint density at radius 1 is 1.09 bits per heavy atom. The predicted octanol–water partition coefficient (Wildman–Crippen LogP) is 4.14.